The summed E-state index contributed by atoms with van der Waals surface area (Å²) in [7, 11) is 2.11. The lowest BCUT2D eigenvalue weighted by atomic mass is 10.1. The maximum absolute atomic E-state index is 12.7. The number of rotatable bonds is 4. The Labute approximate surface area is 169 Å². The summed E-state index contributed by atoms with van der Waals surface area (Å²) in [6.07, 6.45) is 1.45. The van der Waals surface area contributed by atoms with E-state index in [9.17, 15) is 9.59 Å². The second kappa shape index (κ2) is 8.05. The number of carbonyl (C=O) groups is 1. The first-order valence-electron chi connectivity index (χ1n) is 9.80. The zero-order chi connectivity index (χ0) is 20.4. The number of carbonyl (C=O) groups excluding carboxylic acids is 1. The molecule has 0 spiro atoms. The standard InChI is InChI=1S/C22H25N5O2/c1-16-6-5-7-17-21(16)23-15-27(22(17)29)14-20(28)24-18-8-3-4-9-19(18)26-12-10-25(2)11-13-26/h3-9,15H,10-14H2,1-2H3,(H,24,28). The first kappa shape index (κ1) is 19.1. The summed E-state index contributed by atoms with van der Waals surface area (Å²) in [5.41, 5.74) is 3.18. The van der Waals surface area contributed by atoms with Gasteiger partial charge < -0.3 is 15.1 Å². The summed E-state index contributed by atoms with van der Waals surface area (Å²) >= 11 is 0. The third kappa shape index (κ3) is 4.00. The van der Waals surface area contributed by atoms with Crippen LogP contribution in [0.3, 0.4) is 0 Å². The third-order valence-corrected chi connectivity index (χ3v) is 5.39. The molecule has 1 amide bonds. The van der Waals surface area contributed by atoms with Gasteiger partial charge in [-0.15, -0.1) is 0 Å². The highest BCUT2D eigenvalue weighted by molar-refractivity contribution is 5.94. The van der Waals surface area contributed by atoms with E-state index in [1.807, 2.05) is 43.3 Å². The molecular weight excluding hydrogens is 366 g/mol. The maximum Gasteiger partial charge on any atom is 0.261 e. The molecule has 2 aromatic carbocycles. The molecule has 1 fully saturated rings. The molecule has 1 aliphatic heterocycles. The first-order valence-corrected chi connectivity index (χ1v) is 9.80. The summed E-state index contributed by atoms with van der Waals surface area (Å²) < 4.78 is 1.36. The highest BCUT2D eigenvalue weighted by Gasteiger charge is 2.18. The Morgan fingerprint density at radius 1 is 1.07 bits per heavy atom. The van der Waals surface area contributed by atoms with E-state index in [0.29, 0.717) is 10.9 Å². The molecule has 7 nitrogen and oxygen atoms in total. The number of aromatic nitrogens is 2. The van der Waals surface area contributed by atoms with Crippen molar-refractivity contribution in [1.82, 2.24) is 14.5 Å². The number of likely N-dealkylation sites (N-methyl/N-ethyl adjacent to an activating group) is 1. The van der Waals surface area contributed by atoms with Crippen LogP contribution in [0.2, 0.25) is 0 Å². The molecule has 1 aromatic heterocycles. The summed E-state index contributed by atoms with van der Waals surface area (Å²) in [5, 5.41) is 3.50. The van der Waals surface area contributed by atoms with Gasteiger partial charge in [0.25, 0.3) is 5.56 Å². The number of fused-ring (bicyclic) bond motifs is 1. The summed E-state index contributed by atoms with van der Waals surface area (Å²) in [6, 6.07) is 13.3. The van der Waals surface area contributed by atoms with Crippen molar-refractivity contribution in [3.8, 4) is 0 Å². The van der Waals surface area contributed by atoms with Crippen LogP contribution in [0.4, 0.5) is 11.4 Å². The van der Waals surface area contributed by atoms with Crippen LogP contribution in [-0.4, -0.2) is 53.6 Å². The van der Waals surface area contributed by atoms with E-state index in [4.69, 9.17) is 0 Å². The van der Waals surface area contributed by atoms with E-state index >= 15 is 0 Å². The fourth-order valence-corrected chi connectivity index (χ4v) is 3.70. The van der Waals surface area contributed by atoms with Gasteiger partial charge in [0.2, 0.25) is 5.91 Å². The number of benzene rings is 2. The van der Waals surface area contributed by atoms with Gasteiger partial charge in [-0.25, -0.2) is 4.98 Å². The molecular formula is C22H25N5O2. The molecule has 150 valence electrons. The van der Waals surface area contributed by atoms with Crippen molar-refractivity contribution >= 4 is 28.2 Å². The Hall–Kier alpha value is -3.19. The topological polar surface area (TPSA) is 70.5 Å². The van der Waals surface area contributed by atoms with Crippen LogP contribution >= 0.6 is 0 Å². The molecule has 0 unspecified atom stereocenters. The van der Waals surface area contributed by atoms with Gasteiger partial charge in [0.15, 0.2) is 0 Å². The number of para-hydroxylation sites is 3. The monoisotopic (exact) mass is 391 g/mol. The van der Waals surface area contributed by atoms with E-state index < -0.39 is 0 Å². The summed E-state index contributed by atoms with van der Waals surface area (Å²) in [6.45, 7) is 5.64. The van der Waals surface area contributed by atoms with Crippen molar-refractivity contribution < 1.29 is 4.79 Å². The number of anilines is 2. The second-order valence-electron chi connectivity index (χ2n) is 7.50. The Morgan fingerprint density at radius 2 is 1.83 bits per heavy atom. The quantitative estimate of drug-likeness (QED) is 0.738. The van der Waals surface area contributed by atoms with Crippen molar-refractivity contribution in [3.05, 3.63) is 64.7 Å². The van der Waals surface area contributed by atoms with E-state index in [1.165, 1.54) is 10.9 Å². The van der Waals surface area contributed by atoms with Gasteiger partial charge in [0.1, 0.15) is 6.54 Å². The van der Waals surface area contributed by atoms with Crippen molar-refractivity contribution in [2.75, 3.05) is 43.4 Å². The van der Waals surface area contributed by atoms with Crippen LogP contribution in [-0.2, 0) is 11.3 Å². The molecule has 0 radical (unpaired) electrons. The average Bonchev–Trinajstić information content (AvgIpc) is 2.72. The first-order chi connectivity index (χ1) is 14.0. The minimum atomic E-state index is -0.248. The zero-order valence-electron chi connectivity index (χ0n) is 16.8. The normalized spacial score (nSPS) is 14.9. The molecule has 0 aliphatic carbocycles. The minimum absolute atomic E-state index is 0.0766. The number of hydrogen-bond acceptors (Lipinski definition) is 5. The van der Waals surface area contributed by atoms with Crippen molar-refractivity contribution in [2.24, 2.45) is 0 Å². The predicted molar refractivity (Wildman–Crippen MR) is 116 cm³/mol. The lowest BCUT2D eigenvalue weighted by molar-refractivity contribution is -0.116. The van der Waals surface area contributed by atoms with Crippen molar-refractivity contribution in [2.45, 2.75) is 13.5 Å². The number of amides is 1. The van der Waals surface area contributed by atoms with E-state index in [1.54, 1.807) is 6.07 Å². The Bertz CT molecular complexity index is 1100. The van der Waals surface area contributed by atoms with Crippen LogP contribution in [0.5, 0.6) is 0 Å². The van der Waals surface area contributed by atoms with E-state index in [-0.39, 0.29) is 18.0 Å². The molecule has 1 aliphatic rings. The average molecular weight is 391 g/mol. The Kier molecular flexibility index (Phi) is 5.31. The Morgan fingerprint density at radius 3 is 2.62 bits per heavy atom. The fourth-order valence-electron chi connectivity index (χ4n) is 3.70. The van der Waals surface area contributed by atoms with E-state index in [0.717, 1.165) is 43.1 Å². The van der Waals surface area contributed by atoms with Crippen molar-refractivity contribution in [1.29, 1.82) is 0 Å². The second-order valence-corrected chi connectivity index (χ2v) is 7.50. The van der Waals surface area contributed by atoms with Gasteiger partial charge in [-0.05, 0) is 37.7 Å². The van der Waals surface area contributed by atoms with Crippen LogP contribution in [0.1, 0.15) is 5.56 Å². The van der Waals surface area contributed by atoms with Gasteiger partial charge >= 0.3 is 0 Å². The largest absolute Gasteiger partial charge is 0.367 e. The van der Waals surface area contributed by atoms with Gasteiger partial charge in [0, 0.05) is 26.2 Å². The molecule has 3 aromatic rings. The highest BCUT2D eigenvalue weighted by atomic mass is 16.2. The molecule has 2 heterocycles. The zero-order valence-corrected chi connectivity index (χ0v) is 16.8. The van der Waals surface area contributed by atoms with Crippen LogP contribution < -0.4 is 15.8 Å². The number of piperazine rings is 1. The van der Waals surface area contributed by atoms with Gasteiger partial charge in [0.05, 0.1) is 28.6 Å². The molecule has 4 rings (SSSR count). The van der Waals surface area contributed by atoms with Gasteiger partial charge in [-0.2, -0.15) is 0 Å². The van der Waals surface area contributed by atoms with Crippen LogP contribution in [0, 0.1) is 6.92 Å². The number of nitrogens with one attached hydrogen (secondary N) is 1. The molecule has 1 saturated heterocycles. The van der Waals surface area contributed by atoms with Crippen molar-refractivity contribution in [3.63, 3.8) is 0 Å². The molecule has 0 saturated carbocycles. The highest BCUT2D eigenvalue weighted by Crippen LogP contribution is 2.26. The fraction of sp³-hybridized carbons (Fsp3) is 0.318. The van der Waals surface area contributed by atoms with E-state index in [2.05, 4.69) is 27.1 Å². The lowest BCUT2D eigenvalue weighted by Gasteiger charge is -2.35. The summed E-state index contributed by atoms with van der Waals surface area (Å²) in [4.78, 5) is 34.4. The van der Waals surface area contributed by atoms with Gasteiger partial charge in [-0.3, -0.25) is 14.2 Å². The number of aryl methyl sites for hydroxylation is 1. The molecule has 29 heavy (non-hydrogen) atoms. The number of nitrogens with zero attached hydrogens (tertiary/aromatic N) is 4. The minimum Gasteiger partial charge on any atom is -0.367 e. The summed E-state index contributed by atoms with van der Waals surface area (Å²) in [5.74, 6) is -0.248. The van der Waals surface area contributed by atoms with Gasteiger partial charge in [-0.1, -0.05) is 24.3 Å². The smallest absolute Gasteiger partial charge is 0.261 e. The molecule has 1 N–H and O–H groups in total. The lowest BCUT2D eigenvalue weighted by Crippen LogP contribution is -2.44. The number of hydrogen-bond donors (Lipinski definition) is 1. The Balaban J connectivity index is 1.53. The molecule has 7 heteroatoms. The third-order valence-electron chi connectivity index (χ3n) is 5.39. The SMILES string of the molecule is Cc1cccc2c(=O)n(CC(=O)Nc3ccccc3N3CCN(C)CC3)cnc12. The molecule has 0 atom stereocenters. The maximum atomic E-state index is 12.7. The predicted octanol–water partition coefficient (Wildman–Crippen LogP) is 2.10. The van der Waals surface area contributed by atoms with Crippen LogP contribution in [0.15, 0.2) is 53.6 Å². The van der Waals surface area contributed by atoms with Crippen LogP contribution in [0.25, 0.3) is 10.9 Å². The molecule has 0 bridgehead atoms.